The predicted molar refractivity (Wildman–Crippen MR) is 122 cm³/mol. The van der Waals surface area contributed by atoms with Crippen LogP contribution >= 0.6 is 24.0 Å². The maximum Gasteiger partial charge on any atom is 0.401 e. The van der Waals surface area contributed by atoms with Gasteiger partial charge in [-0.1, -0.05) is 0 Å². The van der Waals surface area contributed by atoms with Crippen molar-refractivity contribution in [1.29, 1.82) is 0 Å². The predicted octanol–water partition coefficient (Wildman–Crippen LogP) is 3.91. The lowest BCUT2D eigenvalue weighted by atomic mass is 10.1. The average molecular weight is 541 g/mol. The average Bonchev–Trinajstić information content (AvgIpc) is 3.24. The van der Waals surface area contributed by atoms with Crippen LogP contribution in [0.2, 0.25) is 0 Å². The van der Waals surface area contributed by atoms with E-state index in [1.54, 1.807) is 6.07 Å². The van der Waals surface area contributed by atoms with Crippen LogP contribution in [0.4, 0.5) is 17.6 Å². The first-order chi connectivity index (χ1) is 13.8. The lowest BCUT2D eigenvalue weighted by Crippen LogP contribution is -2.38. The van der Waals surface area contributed by atoms with Crippen LogP contribution in [0.5, 0.6) is 0 Å². The molecule has 1 aliphatic rings. The van der Waals surface area contributed by atoms with E-state index < -0.39 is 12.7 Å². The molecule has 2 heterocycles. The first-order valence-electron chi connectivity index (χ1n) is 9.91. The molecule has 0 saturated carbocycles. The Morgan fingerprint density at radius 2 is 2.10 bits per heavy atom. The van der Waals surface area contributed by atoms with E-state index in [0.717, 1.165) is 29.3 Å². The Morgan fingerprint density at radius 3 is 2.83 bits per heavy atom. The minimum atomic E-state index is -4.15. The van der Waals surface area contributed by atoms with Crippen molar-refractivity contribution >= 4 is 40.8 Å². The second-order valence-electron chi connectivity index (χ2n) is 7.41. The van der Waals surface area contributed by atoms with E-state index >= 15 is 0 Å². The monoisotopic (exact) mass is 541 g/mol. The summed E-state index contributed by atoms with van der Waals surface area (Å²) in [4.78, 5) is 9.07. The SMILES string of the molecule is CCNC(=NCC1CCN(CC(F)(F)F)C1)NCCc1c[nH]c2cc(F)ccc12.I. The summed E-state index contributed by atoms with van der Waals surface area (Å²) in [5, 5.41) is 7.43. The Bertz CT molecular complexity index is 836. The summed E-state index contributed by atoms with van der Waals surface area (Å²) in [7, 11) is 0. The fraction of sp³-hybridized carbons (Fsp3) is 0.550. The maximum atomic E-state index is 13.3. The smallest absolute Gasteiger partial charge is 0.361 e. The van der Waals surface area contributed by atoms with Gasteiger partial charge in [0.1, 0.15) is 5.82 Å². The molecule has 1 aromatic heterocycles. The van der Waals surface area contributed by atoms with E-state index in [-0.39, 0.29) is 35.7 Å². The first-order valence-corrected chi connectivity index (χ1v) is 9.91. The third kappa shape index (κ3) is 7.29. The summed E-state index contributed by atoms with van der Waals surface area (Å²) in [6.07, 6.45) is -0.809. The number of rotatable bonds is 7. The highest BCUT2D eigenvalue weighted by atomic mass is 127. The van der Waals surface area contributed by atoms with Gasteiger partial charge < -0.3 is 15.6 Å². The molecule has 5 nitrogen and oxygen atoms in total. The van der Waals surface area contributed by atoms with Crippen LogP contribution in [0.15, 0.2) is 29.4 Å². The number of alkyl halides is 3. The highest BCUT2D eigenvalue weighted by Crippen LogP contribution is 2.23. The molecule has 0 bridgehead atoms. The van der Waals surface area contributed by atoms with Crippen LogP contribution in [0.25, 0.3) is 10.9 Å². The molecule has 30 heavy (non-hydrogen) atoms. The van der Waals surface area contributed by atoms with Gasteiger partial charge in [0.25, 0.3) is 0 Å². The molecule has 0 spiro atoms. The molecule has 1 saturated heterocycles. The number of nitrogens with one attached hydrogen (secondary N) is 3. The third-order valence-electron chi connectivity index (χ3n) is 5.04. The number of likely N-dealkylation sites (tertiary alicyclic amines) is 1. The van der Waals surface area contributed by atoms with Crippen LogP contribution in [0.3, 0.4) is 0 Å². The number of nitrogens with zero attached hydrogens (tertiary/aromatic N) is 2. The van der Waals surface area contributed by atoms with Crippen molar-refractivity contribution in [2.45, 2.75) is 25.9 Å². The van der Waals surface area contributed by atoms with Gasteiger partial charge in [0, 0.05) is 43.3 Å². The standard InChI is InChI=1S/C20H27F4N5.HI/c1-2-25-19(28-10-14-6-8-29(12-14)13-20(22,23)24)26-7-5-15-11-27-18-9-16(21)3-4-17(15)18;/h3-4,9,11,14,27H,2,5-8,10,12-13H2,1H3,(H2,25,26,28);1H. The maximum absolute atomic E-state index is 13.3. The Hall–Kier alpha value is -1.56. The number of halogens is 5. The van der Waals surface area contributed by atoms with Gasteiger partial charge >= 0.3 is 6.18 Å². The minimum Gasteiger partial charge on any atom is -0.361 e. The number of guanidine groups is 1. The van der Waals surface area contributed by atoms with Crippen molar-refractivity contribution < 1.29 is 17.6 Å². The molecule has 0 amide bonds. The number of aromatic nitrogens is 1. The summed E-state index contributed by atoms with van der Waals surface area (Å²) in [6.45, 7) is 3.84. The van der Waals surface area contributed by atoms with Crippen LogP contribution in [0.1, 0.15) is 18.9 Å². The minimum absolute atomic E-state index is 0. The van der Waals surface area contributed by atoms with Crippen molar-refractivity contribution in [2.24, 2.45) is 10.9 Å². The molecule has 1 atom stereocenters. The molecule has 3 N–H and O–H groups in total. The first kappa shape index (κ1) is 24.7. The highest BCUT2D eigenvalue weighted by Gasteiger charge is 2.34. The largest absolute Gasteiger partial charge is 0.401 e. The van der Waals surface area contributed by atoms with Crippen molar-refractivity contribution in [1.82, 2.24) is 20.5 Å². The topological polar surface area (TPSA) is 55.5 Å². The van der Waals surface area contributed by atoms with Crippen molar-refractivity contribution in [2.75, 3.05) is 39.3 Å². The fourth-order valence-electron chi connectivity index (χ4n) is 3.70. The lowest BCUT2D eigenvalue weighted by Gasteiger charge is -2.17. The second kappa shape index (κ2) is 11.2. The molecular formula is C20H28F4IN5. The number of hydrogen-bond acceptors (Lipinski definition) is 2. The van der Waals surface area contributed by atoms with E-state index in [1.807, 2.05) is 13.1 Å². The number of hydrogen-bond donors (Lipinski definition) is 3. The fourth-order valence-corrected chi connectivity index (χ4v) is 3.70. The quantitative estimate of drug-likeness (QED) is 0.216. The summed E-state index contributed by atoms with van der Waals surface area (Å²) >= 11 is 0. The van der Waals surface area contributed by atoms with Crippen LogP contribution in [-0.2, 0) is 6.42 Å². The van der Waals surface area contributed by atoms with Gasteiger partial charge in [0.05, 0.1) is 6.54 Å². The molecule has 1 fully saturated rings. The number of fused-ring (bicyclic) bond motifs is 1. The summed E-state index contributed by atoms with van der Waals surface area (Å²) < 4.78 is 50.8. The normalized spacial score (nSPS) is 17.9. The zero-order valence-corrected chi connectivity index (χ0v) is 19.2. The summed E-state index contributed by atoms with van der Waals surface area (Å²) in [5.41, 5.74) is 1.85. The van der Waals surface area contributed by atoms with Gasteiger partial charge in [-0.05, 0) is 56.0 Å². The van der Waals surface area contributed by atoms with Crippen LogP contribution in [0, 0.1) is 11.7 Å². The molecule has 168 valence electrons. The molecule has 10 heteroatoms. The number of benzene rings is 1. The summed E-state index contributed by atoms with van der Waals surface area (Å²) in [5.74, 6) is 0.523. The van der Waals surface area contributed by atoms with Gasteiger partial charge in [-0.3, -0.25) is 9.89 Å². The molecule has 2 aromatic rings. The molecule has 3 rings (SSSR count). The van der Waals surface area contributed by atoms with Crippen molar-refractivity contribution in [3.05, 3.63) is 35.8 Å². The van der Waals surface area contributed by atoms with Gasteiger partial charge in [0.15, 0.2) is 5.96 Å². The van der Waals surface area contributed by atoms with E-state index in [9.17, 15) is 17.6 Å². The van der Waals surface area contributed by atoms with Gasteiger partial charge in [0.2, 0.25) is 0 Å². The Kier molecular flexibility index (Phi) is 9.20. The van der Waals surface area contributed by atoms with Gasteiger partial charge in [-0.2, -0.15) is 13.2 Å². The Labute approximate surface area is 190 Å². The molecule has 0 radical (unpaired) electrons. The van der Waals surface area contributed by atoms with Crippen molar-refractivity contribution in [3.8, 4) is 0 Å². The van der Waals surface area contributed by atoms with Crippen LogP contribution in [-0.4, -0.2) is 61.3 Å². The zero-order chi connectivity index (χ0) is 20.9. The van der Waals surface area contributed by atoms with E-state index in [2.05, 4.69) is 20.6 Å². The van der Waals surface area contributed by atoms with Crippen molar-refractivity contribution in [3.63, 3.8) is 0 Å². The second-order valence-corrected chi connectivity index (χ2v) is 7.41. The molecule has 1 aliphatic heterocycles. The molecule has 1 aromatic carbocycles. The summed E-state index contributed by atoms with van der Waals surface area (Å²) in [6, 6.07) is 4.69. The van der Waals surface area contributed by atoms with E-state index in [1.165, 1.54) is 17.0 Å². The third-order valence-corrected chi connectivity index (χ3v) is 5.04. The molecule has 0 aliphatic carbocycles. The molecule has 1 unspecified atom stereocenters. The van der Waals surface area contributed by atoms with Gasteiger partial charge in [-0.25, -0.2) is 4.39 Å². The Morgan fingerprint density at radius 1 is 1.30 bits per heavy atom. The number of aromatic amines is 1. The number of H-pyrrole nitrogens is 1. The van der Waals surface area contributed by atoms with Gasteiger partial charge in [-0.15, -0.1) is 24.0 Å². The molecular weight excluding hydrogens is 513 g/mol. The zero-order valence-electron chi connectivity index (χ0n) is 16.9. The number of aliphatic imine (C=N–C) groups is 1. The van der Waals surface area contributed by atoms with Crippen LogP contribution < -0.4 is 10.6 Å². The Balaban J connectivity index is 0.00000320. The lowest BCUT2D eigenvalue weighted by molar-refractivity contribution is -0.143. The van der Waals surface area contributed by atoms with E-state index in [0.29, 0.717) is 38.7 Å². The highest BCUT2D eigenvalue weighted by molar-refractivity contribution is 14.0. The van der Waals surface area contributed by atoms with E-state index in [4.69, 9.17) is 0 Å².